The fraction of sp³-hybridized carbons (Fsp3) is 0.292. The molecule has 1 aromatic carbocycles. The Morgan fingerprint density at radius 2 is 1.94 bits per heavy atom. The molecular formula is C24H22Cl2FN5O. The maximum atomic E-state index is 14.1. The van der Waals surface area contributed by atoms with Crippen molar-refractivity contribution in [2.75, 3.05) is 13.1 Å². The van der Waals surface area contributed by atoms with Crippen LogP contribution in [0.5, 0.6) is 0 Å². The number of halogens is 3. The Kier molecular flexibility index (Phi) is 5.85. The second-order valence-electron chi connectivity index (χ2n) is 8.35. The lowest BCUT2D eigenvalue weighted by Gasteiger charge is -2.29. The zero-order valence-corrected chi connectivity index (χ0v) is 19.5. The number of carbonyl (C=O) groups is 1. The molecule has 0 spiro atoms. The normalized spacial score (nSPS) is 15.8. The zero-order chi connectivity index (χ0) is 23.1. The lowest BCUT2D eigenvalue weighted by atomic mass is 10.1. The Labute approximate surface area is 200 Å². The van der Waals surface area contributed by atoms with Crippen LogP contribution in [-0.2, 0) is 4.79 Å². The highest BCUT2D eigenvalue weighted by molar-refractivity contribution is 6.36. The molecule has 1 aliphatic rings. The number of rotatable bonds is 5. The molecule has 1 fully saturated rings. The predicted octanol–water partition coefficient (Wildman–Crippen LogP) is 5.75. The molecule has 0 saturated carbocycles. The Bertz CT molecular complexity index is 1330. The second-order valence-corrected chi connectivity index (χ2v) is 9.13. The van der Waals surface area contributed by atoms with Gasteiger partial charge in [0.1, 0.15) is 11.5 Å². The molecule has 6 nitrogen and oxygen atoms in total. The van der Waals surface area contributed by atoms with E-state index in [0.29, 0.717) is 10.6 Å². The van der Waals surface area contributed by atoms with E-state index < -0.39 is 5.82 Å². The highest BCUT2D eigenvalue weighted by Crippen LogP contribution is 2.36. The highest BCUT2D eigenvalue weighted by atomic mass is 35.5. The number of amides is 1. The van der Waals surface area contributed by atoms with Crippen molar-refractivity contribution in [1.29, 1.82) is 0 Å². The van der Waals surface area contributed by atoms with Crippen LogP contribution in [0.15, 0.2) is 48.9 Å². The number of piperidine rings is 1. The van der Waals surface area contributed by atoms with Gasteiger partial charge in [0.15, 0.2) is 0 Å². The quantitative estimate of drug-likeness (QED) is 0.267. The van der Waals surface area contributed by atoms with E-state index in [1.165, 1.54) is 12.1 Å². The minimum atomic E-state index is -0.501. The van der Waals surface area contributed by atoms with Crippen molar-refractivity contribution in [3.8, 4) is 11.3 Å². The molecule has 1 atom stereocenters. The number of pyridine rings is 1. The van der Waals surface area contributed by atoms with E-state index in [4.69, 9.17) is 28.2 Å². The molecule has 4 aromatic rings. The van der Waals surface area contributed by atoms with Gasteiger partial charge in [-0.2, -0.15) is 5.10 Å². The molecule has 1 aliphatic heterocycles. The largest absolute Gasteiger partial charge is 0.345 e. The number of aromatic nitrogens is 4. The van der Waals surface area contributed by atoms with Gasteiger partial charge in [0.05, 0.1) is 29.0 Å². The number of hydrogen-bond donors (Lipinski definition) is 0. The van der Waals surface area contributed by atoms with Crippen molar-refractivity contribution < 1.29 is 9.18 Å². The molecule has 1 amide bonds. The van der Waals surface area contributed by atoms with Crippen LogP contribution < -0.4 is 0 Å². The van der Waals surface area contributed by atoms with E-state index in [1.54, 1.807) is 4.90 Å². The van der Waals surface area contributed by atoms with Crippen molar-refractivity contribution in [3.63, 3.8) is 0 Å². The van der Waals surface area contributed by atoms with E-state index in [2.05, 4.69) is 5.10 Å². The molecule has 5 rings (SSSR count). The summed E-state index contributed by atoms with van der Waals surface area (Å²) in [6.07, 6.45) is 8.39. The molecule has 3 aromatic heterocycles. The first-order valence-corrected chi connectivity index (χ1v) is 11.6. The van der Waals surface area contributed by atoms with Crippen molar-refractivity contribution in [2.45, 2.75) is 31.8 Å². The van der Waals surface area contributed by atoms with Crippen molar-refractivity contribution in [3.05, 3.63) is 70.3 Å². The fourth-order valence-electron chi connectivity index (χ4n) is 4.49. The van der Waals surface area contributed by atoms with Gasteiger partial charge in [0, 0.05) is 47.0 Å². The Morgan fingerprint density at radius 3 is 2.70 bits per heavy atom. The van der Waals surface area contributed by atoms with Crippen molar-refractivity contribution in [1.82, 2.24) is 24.2 Å². The van der Waals surface area contributed by atoms with Crippen LogP contribution in [0, 0.1) is 5.82 Å². The summed E-state index contributed by atoms with van der Waals surface area (Å²) < 4.78 is 18.0. The molecule has 9 heteroatoms. The van der Waals surface area contributed by atoms with Crippen LogP contribution in [0.4, 0.5) is 4.39 Å². The molecule has 1 saturated heterocycles. The molecular weight excluding hydrogens is 464 g/mol. The Morgan fingerprint density at radius 1 is 1.15 bits per heavy atom. The standard InChI is InChI=1S/C24H22Cl2FN5O/c1-15(22-19(25)3-4-20(27)23(22)26)31-11-6-16-2-5-21(29-24(16)31)17-12-28-32(13-17)18-7-9-30(14-33)10-8-18/h2-6,11-15,18H,7-10H2,1H3/t15-/m1/s1. The molecule has 170 valence electrons. The van der Waals surface area contributed by atoms with E-state index in [-0.39, 0.29) is 17.1 Å². The SMILES string of the molecule is C[C@H](c1c(Cl)ccc(F)c1Cl)n1ccc2ccc(-c3cnn(C4CCN(C=O)CC4)c3)nc21. The van der Waals surface area contributed by atoms with Gasteiger partial charge >= 0.3 is 0 Å². The number of carbonyl (C=O) groups excluding carboxylic acids is 1. The number of hydrogen-bond acceptors (Lipinski definition) is 3. The molecule has 4 heterocycles. The summed E-state index contributed by atoms with van der Waals surface area (Å²) in [4.78, 5) is 17.6. The molecule has 33 heavy (non-hydrogen) atoms. The molecule has 0 N–H and O–H groups in total. The monoisotopic (exact) mass is 485 g/mol. The van der Waals surface area contributed by atoms with Crippen molar-refractivity contribution in [2.24, 2.45) is 0 Å². The predicted molar refractivity (Wildman–Crippen MR) is 127 cm³/mol. The van der Waals surface area contributed by atoms with E-state index in [0.717, 1.165) is 54.6 Å². The van der Waals surface area contributed by atoms with Crippen LogP contribution in [0.2, 0.25) is 10.0 Å². The number of fused-ring (bicyclic) bond motifs is 1. The van der Waals surface area contributed by atoms with Gasteiger partial charge in [-0.1, -0.05) is 23.2 Å². The summed E-state index contributed by atoms with van der Waals surface area (Å²) >= 11 is 12.6. The third kappa shape index (κ3) is 4.00. The zero-order valence-electron chi connectivity index (χ0n) is 18.0. The Hall–Kier alpha value is -2.90. The van der Waals surface area contributed by atoms with E-state index in [9.17, 15) is 9.18 Å². The summed E-state index contributed by atoms with van der Waals surface area (Å²) in [5.41, 5.74) is 2.99. The highest BCUT2D eigenvalue weighted by Gasteiger charge is 2.22. The summed E-state index contributed by atoms with van der Waals surface area (Å²) in [7, 11) is 0. The van der Waals surface area contributed by atoms with Gasteiger partial charge in [-0.15, -0.1) is 0 Å². The first-order chi connectivity index (χ1) is 16.0. The third-order valence-corrected chi connectivity index (χ3v) is 7.11. The van der Waals surface area contributed by atoms with Gasteiger partial charge in [-0.05, 0) is 50.1 Å². The first kappa shape index (κ1) is 21.9. The number of likely N-dealkylation sites (tertiary alicyclic amines) is 1. The van der Waals surface area contributed by atoms with Crippen molar-refractivity contribution >= 4 is 40.6 Å². The van der Waals surface area contributed by atoms with Gasteiger partial charge in [-0.25, -0.2) is 9.37 Å². The minimum absolute atomic E-state index is 0.0231. The topological polar surface area (TPSA) is 56.0 Å². The van der Waals surface area contributed by atoms with Crippen LogP contribution in [0.3, 0.4) is 0 Å². The van der Waals surface area contributed by atoms with Gasteiger partial charge in [0.2, 0.25) is 6.41 Å². The van der Waals surface area contributed by atoms with Crippen LogP contribution in [-0.4, -0.2) is 43.7 Å². The van der Waals surface area contributed by atoms with Crippen LogP contribution in [0.25, 0.3) is 22.3 Å². The van der Waals surface area contributed by atoms with Gasteiger partial charge in [0.25, 0.3) is 0 Å². The maximum Gasteiger partial charge on any atom is 0.209 e. The minimum Gasteiger partial charge on any atom is -0.345 e. The average Bonchev–Trinajstić information content (AvgIpc) is 3.49. The summed E-state index contributed by atoms with van der Waals surface area (Å²) in [5.74, 6) is -0.501. The number of benzene rings is 1. The molecule has 0 unspecified atom stereocenters. The summed E-state index contributed by atoms with van der Waals surface area (Å²) in [6, 6.07) is 8.68. The first-order valence-electron chi connectivity index (χ1n) is 10.8. The summed E-state index contributed by atoms with van der Waals surface area (Å²) in [5, 5.41) is 5.95. The van der Waals surface area contributed by atoms with Gasteiger partial charge in [-0.3, -0.25) is 9.48 Å². The van der Waals surface area contributed by atoms with E-state index in [1.807, 2.05) is 53.0 Å². The van der Waals surface area contributed by atoms with Crippen LogP contribution in [0.1, 0.15) is 37.4 Å². The lowest BCUT2D eigenvalue weighted by Crippen LogP contribution is -2.33. The smallest absolute Gasteiger partial charge is 0.209 e. The fourth-order valence-corrected chi connectivity index (χ4v) is 5.18. The van der Waals surface area contributed by atoms with E-state index >= 15 is 0 Å². The Balaban J connectivity index is 1.47. The second kappa shape index (κ2) is 8.80. The molecule has 0 aliphatic carbocycles. The maximum absolute atomic E-state index is 14.1. The number of nitrogens with zero attached hydrogens (tertiary/aromatic N) is 5. The molecule has 0 radical (unpaired) electrons. The summed E-state index contributed by atoms with van der Waals surface area (Å²) in [6.45, 7) is 3.40. The van der Waals surface area contributed by atoms with Gasteiger partial charge < -0.3 is 9.47 Å². The molecule has 0 bridgehead atoms. The van der Waals surface area contributed by atoms with Crippen LogP contribution >= 0.6 is 23.2 Å². The lowest BCUT2D eigenvalue weighted by molar-refractivity contribution is -0.119. The third-order valence-electron chi connectivity index (χ3n) is 6.40. The average molecular weight is 486 g/mol.